The molecule has 0 bridgehead atoms. The van der Waals surface area contributed by atoms with Gasteiger partial charge in [-0.05, 0) is 63.7 Å². The fraction of sp³-hybridized carbons (Fsp3) is 0.647. The number of anilines is 1. The first-order chi connectivity index (χ1) is 10.0. The van der Waals surface area contributed by atoms with Gasteiger partial charge in [0.2, 0.25) is 0 Å². The van der Waals surface area contributed by atoms with Crippen LogP contribution < -0.4 is 10.2 Å². The van der Waals surface area contributed by atoms with Gasteiger partial charge in [-0.15, -0.1) is 0 Å². The topological polar surface area (TPSA) is 18.5 Å². The van der Waals surface area contributed by atoms with E-state index in [0.717, 1.165) is 24.3 Å². The molecule has 21 heavy (non-hydrogen) atoms. The maximum atomic E-state index is 13.6. The molecule has 2 rings (SSSR count). The number of nitrogens with zero attached hydrogens (tertiary/aromatic N) is 2. The summed E-state index contributed by atoms with van der Waals surface area (Å²) in [6, 6.07) is 5.89. The van der Waals surface area contributed by atoms with Crippen molar-refractivity contribution < 1.29 is 4.39 Å². The largest absolute Gasteiger partial charge is 0.373 e. The molecular weight excluding hydrogens is 265 g/mol. The first-order valence-electron chi connectivity index (χ1n) is 7.97. The first-order valence-corrected chi connectivity index (χ1v) is 7.97. The van der Waals surface area contributed by atoms with Crippen LogP contribution in [0.3, 0.4) is 0 Å². The summed E-state index contributed by atoms with van der Waals surface area (Å²) in [4.78, 5) is 4.70. The minimum absolute atomic E-state index is 0.157. The highest BCUT2D eigenvalue weighted by Gasteiger charge is 2.23. The Hall–Kier alpha value is -1.13. The SMILES string of the molecule is CCNC(C)c1cc(F)ccc1N(C)CC1CCCN1C. The van der Waals surface area contributed by atoms with Crippen LogP contribution in [0.4, 0.5) is 10.1 Å². The molecule has 2 atom stereocenters. The maximum absolute atomic E-state index is 13.6. The van der Waals surface area contributed by atoms with Crippen LogP contribution in [0.2, 0.25) is 0 Å². The predicted octanol–water partition coefficient (Wildman–Crippen LogP) is 3.03. The van der Waals surface area contributed by atoms with Crippen LogP contribution in [0.15, 0.2) is 18.2 Å². The van der Waals surface area contributed by atoms with Crippen LogP contribution in [0.1, 0.15) is 38.3 Å². The van der Waals surface area contributed by atoms with Gasteiger partial charge in [0.1, 0.15) is 5.82 Å². The molecule has 1 aromatic carbocycles. The molecule has 0 amide bonds. The Morgan fingerprint density at radius 2 is 2.24 bits per heavy atom. The van der Waals surface area contributed by atoms with Gasteiger partial charge in [-0.1, -0.05) is 6.92 Å². The second-order valence-corrected chi connectivity index (χ2v) is 6.14. The van der Waals surface area contributed by atoms with Gasteiger partial charge < -0.3 is 15.1 Å². The molecule has 1 aliphatic heterocycles. The smallest absolute Gasteiger partial charge is 0.123 e. The van der Waals surface area contributed by atoms with Crippen LogP contribution in [0.5, 0.6) is 0 Å². The highest BCUT2D eigenvalue weighted by molar-refractivity contribution is 5.54. The highest BCUT2D eigenvalue weighted by atomic mass is 19.1. The molecule has 4 heteroatoms. The summed E-state index contributed by atoms with van der Waals surface area (Å²) in [6.07, 6.45) is 2.53. The minimum Gasteiger partial charge on any atom is -0.373 e. The Labute approximate surface area is 128 Å². The first kappa shape index (κ1) is 16.2. The van der Waals surface area contributed by atoms with Crippen molar-refractivity contribution in [3.05, 3.63) is 29.6 Å². The fourth-order valence-electron chi connectivity index (χ4n) is 3.26. The molecule has 0 aromatic heterocycles. The molecule has 1 saturated heterocycles. The number of hydrogen-bond donors (Lipinski definition) is 1. The van der Waals surface area contributed by atoms with Crippen molar-refractivity contribution in [2.75, 3.05) is 38.6 Å². The molecule has 0 radical (unpaired) electrons. The lowest BCUT2D eigenvalue weighted by Crippen LogP contribution is -2.37. The molecule has 0 spiro atoms. The number of benzene rings is 1. The van der Waals surface area contributed by atoms with Crippen LogP contribution >= 0.6 is 0 Å². The van der Waals surface area contributed by atoms with Crippen molar-refractivity contribution in [1.82, 2.24) is 10.2 Å². The Balaban J connectivity index is 2.17. The van der Waals surface area contributed by atoms with Gasteiger partial charge in [0.25, 0.3) is 0 Å². The minimum atomic E-state index is -0.162. The Bertz CT molecular complexity index is 463. The van der Waals surface area contributed by atoms with E-state index in [2.05, 4.69) is 43.1 Å². The number of nitrogens with one attached hydrogen (secondary N) is 1. The van der Waals surface area contributed by atoms with Crippen LogP contribution in [0.25, 0.3) is 0 Å². The number of hydrogen-bond acceptors (Lipinski definition) is 3. The van der Waals surface area contributed by atoms with Gasteiger partial charge in [-0.2, -0.15) is 0 Å². The van der Waals surface area contributed by atoms with Crippen LogP contribution in [-0.4, -0.2) is 44.7 Å². The Morgan fingerprint density at radius 1 is 1.48 bits per heavy atom. The summed E-state index contributed by atoms with van der Waals surface area (Å²) < 4.78 is 13.6. The van der Waals surface area contributed by atoms with Gasteiger partial charge in [0, 0.05) is 31.4 Å². The average Bonchev–Trinajstić information content (AvgIpc) is 2.84. The van der Waals surface area contributed by atoms with Gasteiger partial charge in [-0.3, -0.25) is 0 Å². The Kier molecular flexibility index (Phi) is 5.59. The van der Waals surface area contributed by atoms with Crippen molar-refractivity contribution >= 4 is 5.69 Å². The van der Waals surface area contributed by atoms with E-state index < -0.39 is 0 Å². The molecule has 1 heterocycles. The zero-order valence-electron chi connectivity index (χ0n) is 13.7. The van der Waals surface area contributed by atoms with Crippen molar-refractivity contribution in [3.8, 4) is 0 Å². The fourth-order valence-corrected chi connectivity index (χ4v) is 3.26. The van der Waals surface area contributed by atoms with Crippen molar-refractivity contribution in [2.24, 2.45) is 0 Å². The maximum Gasteiger partial charge on any atom is 0.123 e. The lowest BCUT2D eigenvalue weighted by molar-refractivity contribution is 0.314. The van der Waals surface area contributed by atoms with E-state index in [9.17, 15) is 4.39 Å². The van der Waals surface area contributed by atoms with E-state index in [1.807, 2.05) is 6.07 Å². The zero-order chi connectivity index (χ0) is 15.4. The lowest BCUT2D eigenvalue weighted by Gasteiger charge is -2.30. The summed E-state index contributed by atoms with van der Waals surface area (Å²) in [5.74, 6) is -0.162. The van der Waals surface area contributed by atoms with E-state index in [4.69, 9.17) is 0 Å². The van der Waals surface area contributed by atoms with Gasteiger partial charge in [0.05, 0.1) is 0 Å². The molecule has 0 saturated carbocycles. The second-order valence-electron chi connectivity index (χ2n) is 6.14. The summed E-state index contributed by atoms with van der Waals surface area (Å²) in [5.41, 5.74) is 2.17. The average molecular weight is 293 g/mol. The number of likely N-dealkylation sites (tertiary alicyclic amines) is 1. The van der Waals surface area contributed by atoms with Crippen LogP contribution in [0, 0.1) is 5.82 Å². The van der Waals surface area contributed by atoms with Crippen LogP contribution in [-0.2, 0) is 0 Å². The lowest BCUT2D eigenvalue weighted by atomic mass is 10.0. The molecule has 1 aromatic rings. The predicted molar refractivity (Wildman–Crippen MR) is 87.4 cm³/mol. The highest BCUT2D eigenvalue weighted by Crippen LogP contribution is 2.28. The molecule has 1 aliphatic rings. The van der Waals surface area contributed by atoms with Gasteiger partial charge >= 0.3 is 0 Å². The van der Waals surface area contributed by atoms with E-state index in [1.165, 1.54) is 19.4 Å². The molecule has 1 fully saturated rings. The second kappa shape index (κ2) is 7.23. The zero-order valence-corrected chi connectivity index (χ0v) is 13.7. The monoisotopic (exact) mass is 293 g/mol. The standard InChI is InChI=1S/C17H28FN3/c1-5-19-13(2)16-11-14(18)8-9-17(16)21(4)12-15-7-6-10-20(15)3/h8-9,11,13,15,19H,5-7,10,12H2,1-4H3. The van der Waals surface area contributed by atoms with Crippen molar-refractivity contribution in [3.63, 3.8) is 0 Å². The third-order valence-corrected chi connectivity index (χ3v) is 4.53. The summed E-state index contributed by atoms with van der Waals surface area (Å²) in [5, 5.41) is 3.38. The third kappa shape index (κ3) is 3.95. The van der Waals surface area contributed by atoms with E-state index >= 15 is 0 Å². The molecule has 0 aliphatic carbocycles. The normalized spacial score (nSPS) is 20.7. The van der Waals surface area contributed by atoms with E-state index in [-0.39, 0.29) is 11.9 Å². The summed E-state index contributed by atoms with van der Waals surface area (Å²) >= 11 is 0. The van der Waals surface area contributed by atoms with Crippen molar-refractivity contribution in [1.29, 1.82) is 0 Å². The van der Waals surface area contributed by atoms with Crippen molar-refractivity contribution in [2.45, 2.75) is 38.8 Å². The van der Waals surface area contributed by atoms with Gasteiger partial charge in [-0.25, -0.2) is 4.39 Å². The number of halogens is 1. The molecule has 2 unspecified atom stereocenters. The van der Waals surface area contributed by atoms with Gasteiger partial charge in [0.15, 0.2) is 0 Å². The quantitative estimate of drug-likeness (QED) is 0.870. The third-order valence-electron chi connectivity index (χ3n) is 4.53. The Morgan fingerprint density at radius 3 is 2.86 bits per heavy atom. The summed E-state index contributed by atoms with van der Waals surface area (Å²) in [7, 11) is 4.31. The van der Waals surface area contributed by atoms with E-state index in [0.29, 0.717) is 6.04 Å². The summed E-state index contributed by atoms with van der Waals surface area (Å²) in [6.45, 7) is 7.23. The number of rotatable bonds is 6. The number of likely N-dealkylation sites (N-methyl/N-ethyl adjacent to an activating group) is 2. The molecular formula is C17H28FN3. The molecule has 1 N–H and O–H groups in total. The molecule has 3 nitrogen and oxygen atoms in total. The molecule has 118 valence electrons. The van der Waals surface area contributed by atoms with E-state index in [1.54, 1.807) is 12.1 Å².